The van der Waals surface area contributed by atoms with Crippen LogP contribution in [0.3, 0.4) is 0 Å². The standard InChI is InChI=1S/C48H59N3O10/c1-6-8-26-57-47(54)50(5)44-30-42(49-59-31-34-16-18-36(19-17-34)51(55)56)40-28-35(13-9-11-23-52)39(14-10-12-24-53)45-41-29-38(60-37-20-15-32(3)33(4)27-37)21-22-43(41)61-48(44,46(40)45)58-25-7-2/h6-7,15-22,27-29,35,39,44-46,52-53H,1-2,8-14,23-26,30-31H2,3-5H3. The number of aliphatic hydroxyl groups excluding tert-OH is 2. The van der Waals surface area contributed by atoms with E-state index in [9.17, 15) is 25.1 Å². The second-order valence-electron chi connectivity index (χ2n) is 16.1. The minimum Gasteiger partial charge on any atom is -0.459 e. The van der Waals surface area contributed by atoms with Crippen LogP contribution in [0.15, 0.2) is 103 Å². The number of oxime groups is 1. The molecule has 0 bridgehead atoms. The van der Waals surface area contributed by atoms with E-state index < -0.39 is 28.8 Å². The lowest BCUT2D eigenvalue weighted by Gasteiger charge is -2.59. The summed E-state index contributed by atoms with van der Waals surface area (Å²) in [6, 6.07) is 17.2. The molecule has 326 valence electrons. The molecule has 6 unspecified atom stereocenters. The smallest absolute Gasteiger partial charge is 0.409 e. The van der Waals surface area contributed by atoms with Crippen molar-refractivity contribution in [2.24, 2.45) is 22.9 Å². The Kier molecular flexibility index (Phi) is 15.4. The second-order valence-corrected chi connectivity index (χ2v) is 16.1. The number of carbonyl (C=O) groups is 1. The van der Waals surface area contributed by atoms with Crippen LogP contribution in [0.2, 0.25) is 0 Å². The van der Waals surface area contributed by atoms with E-state index in [4.69, 9.17) is 28.9 Å². The minimum absolute atomic E-state index is 0.0242. The summed E-state index contributed by atoms with van der Waals surface area (Å²) >= 11 is 0. The van der Waals surface area contributed by atoms with Gasteiger partial charge in [-0.3, -0.25) is 10.1 Å². The molecule has 6 rings (SSSR count). The number of hydrogen-bond acceptors (Lipinski definition) is 11. The highest BCUT2D eigenvalue weighted by atomic mass is 16.7. The van der Waals surface area contributed by atoms with Crippen LogP contribution in [0.25, 0.3) is 0 Å². The number of unbranched alkanes of at least 4 members (excludes halogenated alkanes) is 2. The zero-order valence-electron chi connectivity index (χ0n) is 35.5. The highest BCUT2D eigenvalue weighted by Gasteiger charge is 2.65. The fraction of sp³-hybridized carbons (Fsp3) is 0.458. The van der Waals surface area contributed by atoms with Crippen LogP contribution in [0.1, 0.15) is 79.5 Å². The summed E-state index contributed by atoms with van der Waals surface area (Å²) in [5.74, 6) is -0.193. The van der Waals surface area contributed by atoms with E-state index in [0.29, 0.717) is 47.8 Å². The maximum Gasteiger partial charge on any atom is 0.409 e. The number of hydrogen-bond donors (Lipinski definition) is 2. The number of likely N-dealkylation sites (N-methyl/N-ethyl adjacent to an activating group) is 1. The molecule has 2 N–H and O–H groups in total. The lowest BCUT2D eigenvalue weighted by molar-refractivity contribution is -0.384. The summed E-state index contributed by atoms with van der Waals surface area (Å²) in [5, 5.41) is 35.9. The molecular formula is C48H59N3O10. The summed E-state index contributed by atoms with van der Waals surface area (Å²) in [6.07, 6.45) is 10.1. The molecule has 13 heteroatoms. The van der Waals surface area contributed by atoms with Crippen molar-refractivity contribution >= 4 is 17.5 Å². The highest BCUT2D eigenvalue weighted by molar-refractivity contribution is 6.03. The summed E-state index contributed by atoms with van der Waals surface area (Å²) in [7, 11) is 1.68. The number of non-ortho nitro benzene ring substituents is 1. The fourth-order valence-corrected chi connectivity index (χ4v) is 9.06. The predicted octanol–water partition coefficient (Wildman–Crippen LogP) is 9.48. The van der Waals surface area contributed by atoms with Gasteiger partial charge < -0.3 is 38.9 Å². The van der Waals surface area contributed by atoms with Gasteiger partial charge in [-0.15, -0.1) is 13.2 Å². The van der Waals surface area contributed by atoms with Crippen molar-refractivity contribution < 1.29 is 43.7 Å². The molecule has 3 aromatic carbocycles. The quantitative estimate of drug-likeness (QED) is 0.0457. The molecule has 0 spiro atoms. The Morgan fingerprint density at radius 1 is 0.984 bits per heavy atom. The van der Waals surface area contributed by atoms with Gasteiger partial charge in [0.15, 0.2) is 0 Å². The number of rotatable bonds is 21. The molecule has 0 saturated heterocycles. The van der Waals surface area contributed by atoms with E-state index in [1.165, 1.54) is 17.0 Å². The summed E-state index contributed by atoms with van der Waals surface area (Å²) in [4.78, 5) is 32.4. The average Bonchev–Trinajstić information content (AvgIpc) is 3.25. The third-order valence-electron chi connectivity index (χ3n) is 12.2. The van der Waals surface area contributed by atoms with Gasteiger partial charge in [-0.05, 0) is 123 Å². The Balaban J connectivity index is 1.53. The lowest BCUT2D eigenvalue weighted by atomic mass is 9.55. The van der Waals surface area contributed by atoms with Gasteiger partial charge in [0.1, 0.15) is 29.9 Å². The zero-order chi connectivity index (χ0) is 43.5. The van der Waals surface area contributed by atoms with Gasteiger partial charge in [-0.25, -0.2) is 4.79 Å². The first kappa shape index (κ1) is 45.0. The molecule has 13 nitrogen and oxygen atoms in total. The average molecular weight is 838 g/mol. The van der Waals surface area contributed by atoms with E-state index in [2.05, 4.69) is 39.1 Å². The molecule has 1 amide bonds. The summed E-state index contributed by atoms with van der Waals surface area (Å²) in [6.45, 7) is 12.3. The van der Waals surface area contributed by atoms with Crippen molar-refractivity contribution in [3.05, 3.63) is 130 Å². The Hall–Kier alpha value is -5.50. The number of carbonyl (C=O) groups excluding carboxylic acids is 1. The maximum atomic E-state index is 13.9. The van der Waals surface area contributed by atoms with Crippen LogP contribution >= 0.6 is 0 Å². The van der Waals surface area contributed by atoms with E-state index in [1.54, 1.807) is 31.3 Å². The van der Waals surface area contributed by atoms with Crippen molar-refractivity contribution in [2.75, 3.05) is 33.5 Å². The SMILES string of the molecule is C=CCCOC(=O)N(C)C1CC(=NOCc2ccc([N+](=O)[O-])cc2)C2=CC(CCCCO)C(CCCCO)C3c4cc(Oc5ccc(C)c(C)c5)ccc4OC1(OCC=C)C23. The van der Waals surface area contributed by atoms with Crippen LogP contribution in [-0.2, 0) is 20.9 Å². The molecule has 0 aromatic heterocycles. The molecule has 2 aliphatic carbocycles. The van der Waals surface area contributed by atoms with E-state index in [0.717, 1.165) is 47.9 Å². The molecule has 0 radical (unpaired) electrons. The van der Waals surface area contributed by atoms with Crippen molar-refractivity contribution in [3.63, 3.8) is 0 Å². The number of fused-ring (bicyclic) bond motifs is 2. The van der Waals surface area contributed by atoms with Crippen LogP contribution in [-0.4, -0.2) is 77.1 Å². The topological polar surface area (TPSA) is 162 Å². The highest BCUT2D eigenvalue weighted by Crippen LogP contribution is 2.62. The Bertz CT molecular complexity index is 2080. The first-order valence-corrected chi connectivity index (χ1v) is 21.2. The van der Waals surface area contributed by atoms with Crippen molar-refractivity contribution in [3.8, 4) is 17.2 Å². The molecule has 61 heavy (non-hydrogen) atoms. The molecule has 1 fully saturated rings. The molecule has 3 aliphatic rings. The monoisotopic (exact) mass is 837 g/mol. The van der Waals surface area contributed by atoms with Gasteiger partial charge in [0.25, 0.3) is 5.69 Å². The van der Waals surface area contributed by atoms with Gasteiger partial charge in [0.2, 0.25) is 5.79 Å². The Morgan fingerprint density at radius 2 is 1.70 bits per heavy atom. The van der Waals surface area contributed by atoms with Crippen LogP contribution in [0, 0.1) is 41.7 Å². The molecule has 1 saturated carbocycles. The second kappa shape index (κ2) is 20.8. The third kappa shape index (κ3) is 10.2. The van der Waals surface area contributed by atoms with Crippen LogP contribution in [0.4, 0.5) is 10.5 Å². The summed E-state index contributed by atoms with van der Waals surface area (Å²) < 4.78 is 26.4. The van der Waals surface area contributed by atoms with Gasteiger partial charge in [-0.2, -0.15) is 0 Å². The first-order chi connectivity index (χ1) is 29.5. The molecule has 1 aliphatic heterocycles. The number of aliphatic hydroxyl groups is 2. The van der Waals surface area contributed by atoms with Gasteiger partial charge >= 0.3 is 6.09 Å². The number of nitro groups is 1. The zero-order valence-corrected chi connectivity index (χ0v) is 35.5. The lowest BCUT2D eigenvalue weighted by Crippen LogP contribution is -2.69. The number of ether oxygens (including phenoxy) is 4. The molecule has 6 atom stereocenters. The normalized spacial score (nSPS) is 23.1. The molecule has 1 heterocycles. The summed E-state index contributed by atoms with van der Waals surface area (Å²) in [5.41, 5.74) is 5.37. The number of nitro benzene ring substituents is 1. The molecule has 3 aromatic rings. The van der Waals surface area contributed by atoms with Gasteiger partial charge in [0.05, 0.1) is 29.8 Å². The minimum atomic E-state index is -1.44. The van der Waals surface area contributed by atoms with E-state index in [-0.39, 0.29) is 62.9 Å². The first-order valence-electron chi connectivity index (χ1n) is 21.2. The van der Waals surface area contributed by atoms with E-state index in [1.807, 2.05) is 30.3 Å². The number of allylic oxidation sites excluding steroid dienone is 1. The van der Waals surface area contributed by atoms with Gasteiger partial charge in [-0.1, -0.05) is 42.3 Å². The van der Waals surface area contributed by atoms with Crippen molar-refractivity contribution in [2.45, 2.75) is 89.6 Å². The Labute approximate surface area is 358 Å². The number of nitrogens with zero attached hydrogens (tertiary/aromatic N) is 3. The Morgan fingerprint density at radius 3 is 2.39 bits per heavy atom. The van der Waals surface area contributed by atoms with E-state index >= 15 is 0 Å². The molecular weight excluding hydrogens is 779 g/mol. The largest absolute Gasteiger partial charge is 0.459 e. The van der Waals surface area contributed by atoms with Crippen molar-refractivity contribution in [1.82, 2.24) is 4.90 Å². The van der Waals surface area contributed by atoms with Gasteiger partial charge in [0, 0.05) is 50.3 Å². The number of aryl methyl sites for hydroxylation is 2. The van der Waals surface area contributed by atoms with Crippen LogP contribution in [0.5, 0.6) is 17.2 Å². The third-order valence-corrected chi connectivity index (χ3v) is 12.2. The predicted molar refractivity (Wildman–Crippen MR) is 233 cm³/mol. The van der Waals surface area contributed by atoms with Crippen LogP contribution < -0.4 is 9.47 Å². The number of benzene rings is 3. The number of amides is 1. The fourth-order valence-electron chi connectivity index (χ4n) is 9.06. The maximum absolute atomic E-state index is 13.9. The van der Waals surface area contributed by atoms with Crippen molar-refractivity contribution in [1.29, 1.82) is 0 Å².